The maximum Gasteiger partial charge on any atom is 0.305 e. The quantitative estimate of drug-likeness (QED) is 0.770. The number of rotatable bonds is 5. The maximum absolute atomic E-state index is 10.6. The summed E-state index contributed by atoms with van der Waals surface area (Å²) >= 11 is 1.58. The maximum atomic E-state index is 10.6. The zero-order valence-electron chi connectivity index (χ0n) is 9.27. The van der Waals surface area contributed by atoms with Crippen molar-refractivity contribution >= 4 is 17.7 Å². The van der Waals surface area contributed by atoms with E-state index in [-0.39, 0.29) is 6.42 Å². The molecular formula is C11H15NO3S. The molecule has 0 aliphatic heterocycles. The second kappa shape index (κ2) is 5.77. The zero-order valence-corrected chi connectivity index (χ0v) is 10.1. The van der Waals surface area contributed by atoms with E-state index in [1.807, 2.05) is 24.5 Å². The smallest absolute Gasteiger partial charge is 0.305 e. The molecule has 1 rings (SSSR count). The lowest BCUT2D eigenvalue weighted by molar-refractivity contribution is -0.137. The number of benzene rings is 1. The summed E-state index contributed by atoms with van der Waals surface area (Å²) in [5, 5.41) is 8.71. The molecule has 1 aromatic rings. The average molecular weight is 241 g/mol. The van der Waals surface area contributed by atoms with Gasteiger partial charge in [-0.15, -0.1) is 11.8 Å². The molecule has 0 spiro atoms. The molecule has 0 heterocycles. The van der Waals surface area contributed by atoms with E-state index in [1.165, 1.54) is 0 Å². The molecule has 1 aromatic carbocycles. The van der Waals surface area contributed by atoms with E-state index in [0.29, 0.717) is 5.75 Å². The number of nitrogens with two attached hydrogens (primary N) is 1. The molecule has 5 heteroatoms. The highest BCUT2D eigenvalue weighted by Gasteiger charge is 2.15. The van der Waals surface area contributed by atoms with Crippen molar-refractivity contribution in [2.24, 2.45) is 5.73 Å². The first-order chi connectivity index (χ1) is 7.58. The third-order valence-electron chi connectivity index (χ3n) is 2.23. The van der Waals surface area contributed by atoms with Crippen molar-refractivity contribution in [1.82, 2.24) is 0 Å². The SMILES string of the molecule is COc1ccc(SC)cc1C(N)CC(=O)O. The summed E-state index contributed by atoms with van der Waals surface area (Å²) in [5.41, 5.74) is 6.56. The fourth-order valence-corrected chi connectivity index (χ4v) is 1.88. The Morgan fingerprint density at radius 3 is 2.81 bits per heavy atom. The summed E-state index contributed by atoms with van der Waals surface area (Å²) in [6.07, 6.45) is 1.85. The molecule has 0 aromatic heterocycles. The molecule has 0 aliphatic rings. The van der Waals surface area contributed by atoms with E-state index in [4.69, 9.17) is 15.6 Å². The summed E-state index contributed by atoms with van der Waals surface area (Å²) in [6, 6.07) is 5.06. The molecule has 88 valence electrons. The van der Waals surface area contributed by atoms with E-state index in [1.54, 1.807) is 18.9 Å². The van der Waals surface area contributed by atoms with Crippen LogP contribution in [0.15, 0.2) is 23.1 Å². The lowest BCUT2D eigenvalue weighted by Crippen LogP contribution is -2.16. The Bertz CT molecular complexity index is 381. The van der Waals surface area contributed by atoms with Crippen molar-refractivity contribution in [2.45, 2.75) is 17.4 Å². The topological polar surface area (TPSA) is 72.5 Å². The van der Waals surface area contributed by atoms with E-state index < -0.39 is 12.0 Å². The Labute approximate surface area is 98.8 Å². The number of ether oxygens (including phenoxy) is 1. The van der Waals surface area contributed by atoms with Gasteiger partial charge in [-0.1, -0.05) is 0 Å². The summed E-state index contributed by atoms with van der Waals surface area (Å²) in [6.45, 7) is 0. The molecule has 0 radical (unpaired) electrons. The van der Waals surface area contributed by atoms with Crippen molar-refractivity contribution < 1.29 is 14.6 Å². The summed E-state index contributed by atoms with van der Waals surface area (Å²) in [7, 11) is 1.55. The van der Waals surface area contributed by atoms with Crippen LogP contribution in [-0.2, 0) is 4.79 Å². The van der Waals surface area contributed by atoms with Gasteiger partial charge in [0, 0.05) is 16.5 Å². The summed E-state index contributed by atoms with van der Waals surface area (Å²) in [5.74, 6) is -0.282. The van der Waals surface area contributed by atoms with Gasteiger partial charge < -0.3 is 15.6 Å². The fraction of sp³-hybridized carbons (Fsp3) is 0.364. The molecule has 0 saturated heterocycles. The molecular weight excluding hydrogens is 226 g/mol. The number of hydrogen-bond acceptors (Lipinski definition) is 4. The second-order valence-electron chi connectivity index (χ2n) is 3.31. The fourth-order valence-electron chi connectivity index (χ4n) is 1.43. The molecule has 0 amide bonds. The van der Waals surface area contributed by atoms with Crippen LogP contribution >= 0.6 is 11.8 Å². The van der Waals surface area contributed by atoms with Gasteiger partial charge in [-0.25, -0.2) is 0 Å². The standard InChI is InChI=1S/C11H15NO3S/c1-15-10-4-3-7(16-2)5-8(10)9(12)6-11(13)14/h3-5,9H,6,12H2,1-2H3,(H,13,14). The van der Waals surface area contributed by atoms with Crippen LogP contribution in [0.3, 0.4) is 0 Å². The molecule has 16 heavy (non-hydrogen) atoms. The first-order valence-electron chi connectivity index (χ1n) is 4.77. The van der Waals surface area contributed by atoms with E-state index in [0.717, 1.165) is 10.5 Å². The third kappa shape index (κ3) is 3.15. The minimum absolute atomic E-state index is 0.103. The minimum Gasteiger partial charge on any atom is -0.496 e. The molecule has 3 N–H and O–H groups in total. The van der Waals surface area contributed by atoms with Crippen molar-refractivity contribution in [3.05, 3.63) is 23.8 Å². The summed E-state index contributed by atoms with van der Waals surface area (Å²) < 4.78 is 5.17. The number of carbonyl (C=O) groups is 1. The van der Waals surface area contributed by atoms with Crippen molar-refractivity contribution in [2.75, 3.05) is 13.4 Å². The number of aliphatic carboxylic acids is 1. The van der Waals surface area contributed by atoms with Crippen LogP contribution in [0.2, 0.25) is 0 Å². The first kappa shape index (κ1) is 12.9. The Hall–Kier alpha value is -1.20. The van der Waals surface area contributed by atoms with Crippen molar-refractivity contribution in [3.63, 3.8) is 0 Å². The minimum atomic E-state index is -0.913. The van der Waals surface area contributed by atoms with Crippen LogP contribution in [0, 0.1) is 0 Å². The Morgan fingerprint density at radius 1 is 1.62 bits per heavy atom. The van der Waals surface area contributed by atoms with E-state index in [9.17, 15) is 4.79 Å². The highest BCUT2D eigenvalue weighted by Crippen LogP contribution is 2.29. The van der Waals surface area contributed by atoms with E-state index in [2.05, 4.69) is 0 Å². The molecule has 0 saturated carbocycles. The average Bonchev–Trinajstić information content (AvgIpc) is 2.27. The molecule has 1 atom stereocenters. The normalized spacial score (nSPS) is 12.2. The highest BCUT2D eigenvalue weighted by atomic mass is 32.2. The molecule has 1 unspecified atom stereocenters. The van der Waals surface area contributed by atoms with Gasteiger partial charge in [0.05, 0.1) is 13.5 Å². The van der Waals surface area contributed by atoms with Gasteiger partial charge in [0.15, 0.2) is 0 Å². The zero-order chi connectivity index (χ0) is 12.1. The Kier molecular flexibility index (Phi) is 4.64. The predicted octanol–water partition coefficient (Wildman–Crippen LogP) is 1.89. The third-order valence-corrected chi connectivity index (χ3v) is 2.96. The van der Waals surface area contributed by atoms with Gasteiger partial charge in [0.2, 0.25) is 0 Å². The number of methoxy groups -OCH3 is 1. The molecule has 0 fully saturated rings. The van der Waals surface area contributed by atoms with Crippen LogP contribution in [0.5, 0.6) is 5.75 Å². The molecule has 0 bridgehead atoms. The number of carboxylic acid groups (broad SMARTS) is 1. The predicted molar refractivity (Wildman–Crippen MR) is 64.0 cm³/mol. The lowest BCUT2D eigenvalue weighted by Gasteiger charge is -2.14. The van der Waals surface area contributed by atoms with Crippen molar-refractivity contribution in [1.29, 1.82) is 0 Å². The van der Waals surface area contributed by atoms with Gasteiger partial charge in [-0.05, 0) is 24.5 Å². The van der Waals surface area contributed by atoms with Crippen LogP contribution in [-0.4, -0.2) is 24.4 Å². The van der Waals surface area contributed by atoms with Gasteiger partial charge in [0.25, 0.3) is 0 Å². The van der Waals surface area contributed by atoms with Gasteiger partial charge in [-0.3, -0.25) is 4.79 Å². The van der Waals surface area contributed by atoms with Gasteiger partial charge >= 0.3 is 5.97 Å². The van der Waals surface area contributed by atoms with Crippen molar-refractivity contribution in [3.8, 4) is 5.75 Å². The number of hydrogen-bond donors (Lipinski definition) is 2. The Balaban J connectivity index is 3.02. The van der Waals surface area contributed by atoms with Gasteiger partial charge in [0.1, 0.15) is 5.75 Å². The molecule has 4 nitrogen and oxygen atoms in total. The Morgan fingerprint density at radius 2 is 2.31 bits per heavy atom. The first-order valence-corrected chi connectivity index (χ1v) is 6.00. The van der Waals surface area contributed by atoms with Crippen LogP contribution in [0.25, 0.3) is 0 Å². The largest absolute Gasteiger partial charge is 0.496 e. The van der Waals surface area contributed by atoms with Gasteiger partial charge in [-0.2, -0.15) is 0 Å². The van der Waals surface area contributed by atoms with Crippen LogP contribution in [0.1, 0.15) is 18.0 Å². The summed E-state index contributed by atoms with van der Waals surface area (Å²) in [4.78, 5) is 11.6. The highest BCUT2D eigenvalue weighted by molar-refractivity contribution is 7.98. The second-order valence-corrected chi connectivity index (χ2v) is 4.19. The lowest BCUT2D eigenvalue weighted by atomic mass is 10.0. The number of thioether (sulfide) groups is 1. The monoisotopic (exact) mass is 241 g/mol. The molecule has 0 aliphatic carbocycles. The number of carboxylic acids is 1. The van der Waals surface area contributed by atoms with E-state index >= 15 is 0 Å². The van der Waals surface area contributed by atoms with Crippen LogP contribution in [0.4, 0.5) is 0 Å². The van der Waals surface area contributed by atoms with Crippen LogP contribution < -0.4 is 10.5 Å².